The highest BCUT2D eigenvalue weighted by Gasteiger charge is 2.14. The van der Waals surface area contributed by atoms with Crippen molar-refractivity contribution in [2.24, 2.45) is 5.73 Å². The molecule has 5 N–H and O–H groups in total. The van der Waals surface area contributed by atoms with Gasteiger partial charge in [0.2, 0.25) is 0 Å². The van der Waals surface area contributed by atoms with Crippen LogP contribution in [0.1, 0.15) is 24.3 Å². The first-order valence-electron chi connectivity index (χ1n) is 5.74. The molecule has 5 nitrogen and oxygen atoms in total. The van der Waals surface area contributed by atoms with Crippen LogP contribution < -0.4 is 11.1 Å². The quantitative estimate of drug-likeness (QED) is 0.659. The fourth-order valence-electron chi connectivity index (χ4n) is 1.65. The van der Waals surface area contributed by atoms with Crippen molar-refractivity contribution in [2.45, 2.75) is 19.4 Å². The Kier molecular flexibility index (Phi) is 3.00. The molecular formula is C13H17N3O2. The predicted octanol–water partition coefficient (Wildman–Crippen LogP) is 1.34. The molecule has 0 unspecified atom stereocenters. The molecule has 18 heavy (non-hydrogen) atoms. The van der Waals surface area contributed by atoms with Crippen molar-refractivity contribution in [1.82, 2.24) is 10.3 Å². The van der Waals surface area contributed by atoms with E-state index in [-0.39, 0.29) is 11.7 Å². The van der Waals surface area contributed by atoms with Gasteiger partial charge in [0.25, 0.3) is 5.91 Å². The average molecular weight is 247 g/mol. The third-order valence-electron chi connectivity index (χ3n) is 2.55. The number of benzene rings is 1. The van der Waals surface area contributed by atoms with Crippen LogP contribution in [0.25, 0.3) is 10.9 Å². The Labute approximate surface area is 105 Å². The fourth-order valence-corrected chi connectivity index (χ4v) is 1.65. The summed E-state index contributed by atoms with van der Waals surface area (Å²) < 4.78 is 0. The van der Waals surface area contributed by atoms with Crippen molar-refractivity contribution in [3.05, 3.63) is 30.0 Å². The standard InChI is InChI=1S/C13H17N3O2/c1-13(2,14)7-15-12(18)11-6-8-5-9(17)3-4-10(8)16-11/h3-6,16-17H,7,14H2,1-2H3,(H,15,18). The summed E-state index contributed by atoms with van der Waals surface area (Å²) in [5.74, 6) is -0.0271. The lowest BCUT2D eigenvalue weighted by atomic mass is 10.1. The normalized spacial score (nSPS) is 11.7. The highest BCUT2D eigenvalue weighted by Crippen LogP contribution is 2.20. The zero-order valence-corrected chi connectivity index (χ0v) is 10.4. The van der Waals surface area contributed by atoms with E-state index in [9.17, 15) is 9.90 Å². The Balaban J connectivity index is 2.18. The SMILES string of the molecule is CC(C)(N)CNC(=O)c1cc2cc(O)ccc2[nH]1. The molecule has 0 saturated heterocycles. The van der Waals surface area contributed by atoms with E-state index in [2.05, 4.69) is 10.3 Å². The van der Waals surface area contributed by atoms with Gasteiger partial charge in [-0.1, -0.05) is 0 Å². The van der Waals surface area contributed by atoms with Crippen molar-refractivity contribution in [1.29, 1.82) is 0 Å². The van der Waals surface area contributed by atoms with Gasteiger partial charge in [0.05, 0.1) is 0 Å². The van der Waals surface area contributed by atoms with Gasteiger partial charge < -0.3 is 21.1 Å². The van der Waals surface area contributed by atoms with E-state index in [1.54, 1.807) is 24.3 Å². The van der Waals surface area contributed by atoms with Gasteiger partial charge in [0, 0.05) is 23.0 Å². The van der Waals surface area contributed by atoms with Gasteiger partial charge in [-0.25, -0.2) is 0 Å². The summed E-state index contributed by atoms with van der Waals surface area (Å²) in [4.78, 5) is 14.9. The molecule has 0 atom stereocenters. The average Bonchev–Trinajstić information content (AvgIpc) is 2.67. The number of phenols is 1. The van der Waals surface area contributed by atoms with Gasteiger partial charge in [-0.05, 0) is 38.1 Å². The number of rotatable bonds is 3. The highest BCUT2D eigenvalue weighted by molar-refractivity contribution is 5.98. The molecule has 1 amide bonds. The third-order valence-corrected chi connectivity index (χ3v) is 2.55. The monoisotopic (exact) mass is 247 g/mol. The summed E-state index contributed by atoms with van der Waals surface area (Å²) in [6.07, 6.45) is 0. The zero-order chi connectivity index (χ0) is 13.3. The molecule has 0 aliphatic rings. The number of H-pyrrole nitrogens is 1. The molecule has 0 fully saturated rings. The summed E-state index contributed by atoms with van der Waals surface area (Å²) in [5, 5.41) is 12.9. The van der Waals surface area contributed by atoms with E-state index in [4.69, 9.17) is 5.73 Å². The van der Waals surface area contributed by atoms with E-state index in [1.165, 1.54) is 0 Å². The number of carbonyl (C=O) groups is 1. The van der Waals surface area contributed by atoms with E-state index < -0.39 is 5.54 Å². The molecule has 0 aliphatic heterocycles. The lowest BCUT2D eigenvalue weighted by Gasteiger charge is -2.18. The number of aromatic hydroxyl groups is 1. The second-order valence-electron chi connectivity index (χ2n) is 5.13. The van der Waals surface area contributed by atoms with Gasteiger partial charge in [0.1, 0.15) is 11.4 Å². The van der Waals surface area contributed by atoms with Crippen molar-refractivity contribution in [2.75, 3.05) is 6.54 Å². The van der Waals surface area contributed by atoms with Gasteiger partial charge in [-0.3, -0.25) is 4.79 Å². The Morgan fingerprint density at radius 3 is 2.83 bits per heavy atom. The molecule has 96 valence electrons. The molecule has 1 aromatic heterocycles. The summed E-state index contributed by atoms with van der Waals surface area (Å²) in [6.45, 7) is 4.08. The molecule has 0 aliphatic carbocycles. The Morgan fingerprint density at radius 2 is 2.17 bits per heavy atom. The van der Waals surface area contributed by atoms with Crippen LogP contribution in [-0.4, -0.2) is 28.1 Å². The summed E-state index contributed by atoms with van der Waals surface area (Å²) in [6, 6.07) is 6.61. The van der Waals surface area contributed by atoms with Gasteiger partial charge in [-0.15, -0.1) is 0 Å². The number of hydrogen-bond donors (Lipinski definition) is 4. The maximum atomic E-state index is 11.9. The molecule has 5 heteroatoms. The van der Waals surface area contributed by atoms with Crippen LogP contribution in [0, 0.1) is 0 Å². The summed E-state index contributed by atoms with van der Waals surface area (Å²) in [7, 11) is 0. The van der Waals surface area contributed by atoms with E-state index >= 15 is 0 Å². The number of amides is 1. The Hall–Kier alpha value is -2.01. The number of fused-ring (bicyclic) bond motifs is 1. The van der Waals surface area contributed by atoms with Crippen LogP contribution in [0.3, 0.4) is 0 Å². The number of hydrogen-bond acceptors (Lipinski definition) is 3. The van der Waals surface area contributed by atoms with Crippen LogP contribution in [0.15, 0.2) is 24.3 Å². The molecule has 2 aromatic rings. The first-order valence-corrected chi connectivity index (χ1v) is 5.74. The lowest BCUT2D eigenvalue weighted by Crippen LogP contribution is -2.45. The third kappa shape index (κ3) is 2.81. The van der Waals surface area contributed by atoms with Crippen molar-refractivity contribution in [3.63, 3.8) is 0 Å². The number of phenolic OH excluding ortho intramolecular Hbond substituents is 1. The molecule has 0 saturated carbocycles. The first-order chi connectivity index (χ1) is 8.35. The minimum atomic E-state index is -0.445. The van der Waals surface area contributed by atoms with Crippen LogP contribution in [0.5, 0.6) is 5.75 Å². The van der Waals surface area contributed by atoms with E-state index in [0.717, 1.165) is 10.9 Å². The topological polar surface area (TPSA) is 91.1 Å². The lowest BCUT2D eigenvalue weighted by molar-refractivity contribution is 0.0942. The number of aromatic amines is 1. The minimum absolute atomic E-state index is 0.177. The number of nitrogens with one attached hydrogen (secondary N) is 2. The molecule has 1 aromatic carbocycles. The zero-order valence-electron chi connectivity index (χ0n) is 10.4. The largest absolute Gasteiger partial charge is 0.508 e. The summed E-state index contributed by atoms with van der Waals surface area (Å²) >= 11 is 0. The highest BCUT2D eigenvalue weighted by atomic mass is 16.3. The van der Waals surface area contributed by atoms with Crippen molar-refractivity contribution >= 4 is 16.8 Å². The van der Waals surface area contributed by atoms with Gasteiger partial charge >= 0.3 is 0 Å². The fraction of sp³-hybridized carbons (Fsp3) is 0.308. The number of nitrogens with two attached hydrogens (primary N) is 1. The van der Waals surface area contributed by atoms with Crippen LogP contribution in [-0.2, 0) is 0 Å². The molecule has 2 rings (SSSR count). The van der Waals surface area contributed by atoms with E-state index in [0.29, 0.717) is 12.2 Å². The number of carbonyl (C=O) groups excluding carboxylic acids is 1. The molecular weight excluding hydrogens is 230 g/mol. The van der Waals surface area contributed by atoms with Crippen LogP contribution in [0.4, 0.5) is 0 Å². The van der Waals surface area contributed by atoms with Crippen LogP contribution >= 0.6 is 0 Å². The van der Waals surface area contributed by atoms with Crippen molar-refractivity contribution < 1.29 is 9.90 Å². The Morgan fingerprint density at radius 1 is 1.44 bits per heavy atom. The molecule has 0 bridgehead atoms. The second-order valence-corrected chi connectivity index (χ2v) is 5.13. The second kappa shape index (κ2) is 4.34. The van der Waals surface area contributed by atoms with Gasteiger partial charge in [-0.2, -0.15) is 0 Å². The van der Waals surface area contributed by atoms with E-state index in [1.807, 2.05) is 13.8 Å². The van der Waals surface area contributed by atoms with Crippen molar-refractivity contribution in [3.8, 4) is 5.75 Å². The molecule has 0 radical (unpaired) electrons. The maximum Gasteiger partial charge on any atom is 0.267 e. The smallest absolute Gasteiger partial charge is 0.267 e. The number of aromatic nitrogens is 1. The molecule has 1 heterocycles. The summed E-state index contributed by atoms with van der Waals surface area (Å²) in [5.41, 5.74) is 6.62. The maximum absolute atomic E-state index is 11.9. The Bertz CT molecular complexity index is 581. The van der Waals surface area contributed by atoms with Gasteiger partial charge in [0.15, 0.2) is 0 Å². The molecule has 0 spiro atoms. The first kappa shape index (κ1) is 12.4. The minimum Gasteiger partial charge on any atom is -0.508 e. The predicted molar refractivity (Wildman–Crippen MR) is 70.6 cm³/mol. The van der Waals surface area contributed by atoms with Crippen LogP contribution in [0.2, 0.25) is 0 Å².